The number of rotatable bonds is 9. The van der Waals surface area contributed by atoms with Crippen LogP contribution in [-0.2, 0) is 21.3 Å². The van der Waals surface area contributed by atoms with Gasteiger partial charge < -0.3 is 14.6 Å². The molecule has 0 bridgehead atoms. The van der Waals surface area contributed by atoms with Crippen LogP contribution in [0.5, 0.6) is 5.75 Å². The number of methoxy groups -OCH3 is 1. The van der Waals surface area contributed by atoms with Crippen molar-refractivity contribution in [2.24, 2.45) is 0 Å². The Labute approximate surface area is 197 Å². The third kappa shape index (κ3) is 5.79. The molecule has 0 unspecified atom stereocenters. The molecule has 182 valence electrons. The number of halogens is 1. The molecule has 3 atom stereocenters. The molecule has 2 heterocycles. The number of aliphatic hydroxyl groups is 1. The molecule has 34 heavy (non-hydrogen) atoms. The van der Waals surface area contributed by atoms with Gasteiger partial charge in [0.2, 0.25) is 10.0 Å². The molecular formula is C23H27FN4O5S. The minimum Gasteiger partial charge on any atom is -0.497 e. The van der Waals surface area contributed by atoms with E-state index < -0.39 is 22.2 Å². The number of hydrogen-bond acceptors (Lipinski definition) is 7. The van der Waals surface area contributed by atoms with Crippen LogP contribution in [0.15, 0.2) is 59.6 Å². The van der Waals surface area contributed by atoms with E-state index in [2.05, 4.69) is 15.0 Å². The van der Waals surface area contributed by atoms with E-state index >= 15 is 0 Å². The van der Waals surface area contributed by atoms with Gasteiger partial charge in [-0.2, -0.15) is 0 Å². The summed E-state index contributed by atoms with van der Waals surface area (Å²) < 4.78 is 54.3. The number of aliphatic hydroxyl groups excluding tert-OH is 1. The maximum atomic E-state index is 13.4. The van der Waals surface area contributed by atoms with Gasteiger partial charge in [-0.25, -0.2) is 17.5 Å². The zero-order valence-corrected chi connectivity index (χ0v) is 19.5. The Morgan fingerprint density at radius 2 is 2.03 bits per heavy atom. The van der Waals surface area contributed by atoms with Crippen molar-refractivity contribution in [3.8, 4) is 17.0 Å². The van der Waals surface area contributed by atoms with E-state index in [0.717, 1.165) is 0 Å². The Kier molecular flexibility index (Phi) is 7.57. The molecule has 0 radical (unpaired) electrons. The lowest BCUT2D eigenvalue weighted by molar-refractivity contribution is -0.0891. The van der Waals surface area contributed by atoms with Crippen molar-refractivity contribution < 1.29 is 27.4 Å². The topological polar surface area (TPSA) is 116 Å². The highest BCUT2D eigenvalue weighted by Crippen LogP contribution is 2.25. The predicted molar refractivity (Wildman–Crippen MR) is 122 cm³/mol. The first-order chi connectivity index (χ1) is 16.4. The van der Waals surface area contributed by atoms with Gasteiger partial charge in [0.05, 0.1) is 43.1 Å². The lowest BCUT2D eigenvalue weighted by atomic mass is 9.98. The normalized spacial score (nSPS) is 20.9. The summed E-state index contributed by atoms with van der Waals surface area (Å²) >= 11 is 0. The first-order valence-electron chi connectivity index (χ1n) is 11.0. The molecule has 2 N–H and O–H groups in total. The number of sulfonamides is 1. The standard InChI is InChI=1S/C23H27FN4O5S/c1-32-18-5-8-20(9-6-18)34(30,31)26-21-10-7-19(33-23(21)15-29)11-12-28-14-22(25-27-28)16-3-2-4-17(24)13-16/h2-6,8-9,13-14,19,21,23,26,29H,7,10-12,15H2,1H3/t19-,21+,23+/m0/s1. The van der Waals surface area contributed by atoms with E-state index in [-0.39, 0.29) is 23.4 Å². The van der Waals surface area contributed by atoms with E-state index in [1.165, 1.54) is 31.4 Å². The summed E-state index contributed by atoms with van der Waals surface area (Å²) in [5.74, 6) is 0.223. The van der Waals surface area contributed by atoms with E-state index in [0.29, 0.717) is 42.8 Å². The molecule has 9 nitrogen and oxygen atoms in total. The molecule has 1 aromatic heterocycles. The second kappa shape index (κ2) is 10.6. The fraction of sp³-hybridized carbons (Fsp3) is 0.391. The minimum absolute atomic E-state index is 0.118. The Bertz CT molecular complexity index is 1200. The number of nitrogens with zero attached hydrogens (tertiary/aromatic N) is 3. The molecule has 1 aliphatic rings. The number of nitrogens with one attached hydrogen (secondary N) is 1. The van der Waals surface area contributed by atoms with Crippen LogP contribution in [0.3, 0.4) is 0 Å². The van der Waals surface area contributed by atoms with Gasteiger partial charge in [0.25, 0.3) is 0 Å². The Morgan fingerprint density at radius 1 is 1.24 bits per heavy atom. The van der Waals surface area contributed by atoms with E-state index in [1.807, 2.05) is 0 Å². The number of benzene rings is 2. The second-order valence-corrected chi connectivity index (χ2v) is 9.84. The summed E-state index contributed by atoms with van der Waals surface area (Å²) in [4.78, 5) is 0.118. The number of aromatic nitrogens is 3. The first-order valence-corrected chi connectivity index (χ1v) is 12.4. The zero-order chi connectivity index (χ0) is 24.1. The Balaban J connectivity index is 1.33. The summed E-state index contributed by atoms with van der Waals surface area (Å²) in [6.07, 6.45) is 2.67. The van der Waals surface area contributed by atoms with Crippen LogP contribution in [0.2, 0.25) is 0 Å². The monoisotopic (exact) mass is 490 g/mol. The van der Waals surface area contributed by atoms with Crippen molar-refractivity contribution >= 4 is 10.0 Å². The molecule has 0 amide bonds. The third-order valence-electron chi connectivity index (χ3n) is 5.81. The second-order valence-electron chi connectivity index (χ2n) is 8.13. The maximum Gasteiger partial charge on any atom is 0.240 e. The van der Waals surface area contributed by atoms with Crippen molar-refractivity contribution in [1.29, 1.82) is 0 Å². The van der Waals surface area contributed by atoms with Gasteiger partial charge in [-0.05, 0) is 55.7 Å². The molecule has 1 fully saturated rings. The third-order valence-corrected chi connectivity index (χ3v) is 7.32. The lowest BCUT2D eigenvalue weighted by Crippen LogP contribution is -2.50. The van der Waals surface area contributed by atoms with Crippen LogP contribution in [0, 0.1) is 5.82 Å². The number of aryl methyl sites for hydroxylation is 1. The predicted octanol–water partition coefficient (Wildman–Crippen LogP) is 2.37. The molecule has 1 aliphatic heterocycles. The molecule has 4 rings (SSSR count). The highest BCUT2D eigenvalue weighted by atomic mass is 32.2. The highest BCUT2D eigenvalue weighted by molar-refractivity contribution is 7.89. The van der Waals surface area contributed by atoms with Gasteiger partial charge in [0.1, 0.15) is 17.3 Å². The summed E-state index contributed by atoms with van der Waals surface area (Å²) in [6, 6.07) is 11.7. The van der Waals surface area contributed by atoms with Gasteiger partial charge in [0.15, 0.2) is 0 Å². The van der Waals surface area contributed by atoms with Crippen molar-refractivity contribution in [1.82, 2.24) is 19.7 Å². The summed E-state index contributed by atoms with van der Waals surface area (Å²) in [7, 11) is -2.26. The maximum absolute atomic E-state index is 13.4. The molecular weight excluding hydrogens is 463 g/mol. The Morgan fingerprint density at radius 3 is 2.74 bits per heavy atom. The van der Waals surface area contributed by atoms with Crippen LogP contribution in [0.1, 0.15) is 19.3 Å². The molecule has 1 saturated heterocycles. The zero-order valence-electron chi connectivity index (χ0n) is 18.7. The van der Waals surface area contributed by atoms with Gasteiger partial charge in [-0.3, -0.25) is 4.68 Å². The van der Waals surface area contributed by atoms with Crippen LogP contribution in [-0.4, -0.2) is 60.5 Å². The van der Waals surface area contributed by atoms with Crippen molar-refractivity contribution in [3.63, 3.8) is 0 Å². The summed E-state index contributed by atoms with van der Waals surface area (Å²) in [5.41, 5.74) is 1.22. The lowest BCUT2D eigenvalue weighted by Gasteiger charge is -2.36. The number of ether oxygens (including phenoxy) is 2. The molecule has 0 saturated carbocycles. The minimum atomic E-state index is -3.77. The van der Waals surface area contributed by atoms with Gasteiger partial charge >= 0.3 is 0 Å². The first kappa shape index (κ1) is 24.3. The van der Waals surface area contributed by atoms with E-state index in [4.69, 9.17) is 9.47 Å². The van der Waals surface area contributed by atoms with Crippen LogP contribution >= 0.6 is 0 Å². The van der Waals surface area contributed by atoms with E-state index in [1.54, 1.807) is 35.1 Å². The van der Waals surface area contributed by atoms with Gasteiger partial charge in [-0.1, -0.05) is 17.3 Å². The fourth-order valence-corrected chi connectivity index (χ4v) is 5.26. The summed E-state index contributed by atoms with van der Waals surface area (Å²) in [5, 5.41) is 18.0. The molecule has 0 spiro atoms. The van der Waals surface area contributed by atoms with E-state index in [9.17, 15) is 17.9 Å². The molecule has 3 aromatic rings. The van der Waals surface area contributed by atoms with Crippen LogP contribution < -0.4 is 9.46 Å². The summed E-state index contributed by atoms with van der Waals surface area (Å²) in [6.45, 7) is 0.215. The van der Waals surface area contributed by atoms with Crippen molar-refractivity contribution in [2.75, 3.05) is 13.7 Å². The molecule has 11 heteroatoms. The quantitative estimate of drug-likeness (QED) is 0.473. The largest absolute Gasteiger partial charge is 0.497 e. The van der Waals surface area contributed by atoms with Gasteiger partial charge in [-0.15, -0.1) is 5.10 Å². The van der Waals surface area contributed by atoms with Gasteiger partial charge in [0, 0.05) is 12.1 Å². The molecule has 2 aromatic carbocycles. The number of hydrogen-bond donors (Lipinski definition) is 2. The average Bonchev–Trinajstić information content (AvgIpc) is 3.32. The fourth-order valence-electron chi connectivity index (χ4n) is 3.97. The smallest absolute Gasteiger partial charge is 0.240 e. The average molecular weight is 491 g/mol. The Hall–Kier alpha value is -2.86. The van der Waals surface area contributed by atoms with Crippen LogP contribution in [0.4, 0.5) is 4.39 Å². The van der Waals surface area contributed by atoms with Crippen LogP contribution in [0.25, 0.3) is 11.3 Å². The van der Waals surface area contributed by atoms with Crippen molar-refractivity contribution in [3.05, 3.63) is 60.5 Å². The SMILES string of the molecule is COc1ccc(S(=O)(=O)N[C@@H]2CC[C@@H](CCn3cc(-c4cccc(F)c4)nn3)O[C@@H]2CO)cc1. The highest BCUT2D eigenvalue weighted by Gasteiger charge is 2.34. The van der Waals surface area contributed by atoms with Crippen molar-refractivity contribution in [2.45, 2.75) is 49.0 Å². The molecule has 0 aliphatic carbocycles.